The number of rotatable bonds is 6. The summed E-state index contributed by atoms with van der Waals surface area (Å²) in [5, 5.41) is 13.1. The second-order valence-corrected chi connectivity index (χ2v) is 10.7. The summed E-state index contributed by atoms with van der Waals surface area (Å²) in [5.41, 5.74) is 3.03. The van der Waals surface area contributed by atoms with Gasteiger partial charge in [0.15, 0.2) is 11.0 Å². The molecule has 0 bridgehead atoms. The van der Waals surface area contributed by atoms with Crippen LogP contribution in [0.1, 0.15) is 33.1 Å². The van der Waals surface area contributed by atoms with E-state index in [2.05, 4.69) is 63.1 Å². The van der Waals surface area contributed by atoms with Gasteiger partial charge in [0.1, 0.15) is 0 Å². The van der Waals surface area contributed by atoms with Crippen molar-refractivity contribution in [2.45, 2.75) is 43.2 Å². The van der Waals surface area contributed by atoms with Gasteiger partial charge in [-0.15, -0.1) is 10.2 Å². The highest BCUT2D eigenvalue weighted by atomic mass is 32.2. The van der Waals surface area contributed by atoms with Crippen molar-refractivity contribution in [2.75, 3.05) is 23.3 Å². The number of anilines is 2. The van der Waals surface area contributed by atoms with Crippen LogP contribution in [0, 0.1) is 17.8 Å². The second-order valence-electron chi connectivity index (χ2n) is 9.63. The van der Waals surface area contributed by atoms with Gasteiger partial charge in [0.25, 0.3) is 0 Å². The lowest BCUT2D eigenvalue weighted by atomic mass is 9.91. The molecule has 1 aliphatic heterocycles. The van der Waals surface area contributed by atoms with E-state index >= 15 is 0 Å². The van der Waals surface area contributed by atoms with Crippen LogP contribution in [0.4, 0.5) is 11.4 Å². The SMILES string of the molecule is CC1CC(C)CN(c2cc(NC(=O)C3CC3)ccc2-c2nnc(Sc3ccccc3)n2C)C1. The van der Waals surface area contributed by atoms with Crippen molar-refractivity contribution in [3.63, 3.8) is 0 Å². The number of carbonyl (C=O) groups is 1. The molecule has 2 atom stereocenters. The Morgan fingerprint density at radius 1 is 1.03 bits per heavy atom. The molecule has 0 radical (unpaired) electrons. The molecule has 1 aromatic heterocycles. The van der Waals surface area contributed by atoms with E-state index in [9.17, 15) is 4.79 Å². The third kappa shape index (κ3) is 4.93. The first kappa shape index (κ1) is 22.0. The molecule has 2 heterocycles. The van der Waals surface area contributed by atoms with E-state index < -0.39 is 0 Å². The van der Waals surface area contributed by atoms with Crippen molar-refractivity contribution in [3.05, 3.63) is 48.5 Å². The lowest BCUT2D eigenvalue weighted by Gasteiger charge is -2.37. The van der Waals surface area contributed by atoms with Crippen LogP contribution < -0.4 is 10.2 Å². The molecule has 1 N–H and O–H groups in total. The number of hydrogen-bond acceptors (Lipinski definition) is 5. The summed E-state index contributed by atoms with van der Waals surface area (Å²) in [6.45, 7) is 6.64. The number of carbonyl (C=O) groups excluding carboxylic acids is 1. The average Bonchev–Trinajstić information content (AvgIpc) is 3.59. The maximum atomic E-state index is 12.4. The second kappa shape index (κ2) is 9.21. The summed E-state index contributed by atoms with van der Waals surface area (Å²) in [7, 11) is 2.02. The highest BCUT2D eigenvalue weighted by molar-refractivity contribution is 7.99. The van der Waals surface area contributed by atoms with Crippen molar-refractivity contribution in [1.29, 1.82) is 0 Å². The Bertz CT molecular complexity index is 1130. The summed E-state index contributed by atoms with van der Waals surface area (Å²) in [4.78, 5) is 16.0. The van der Waals surface area contributed by atoms with Crippen LogP contribution in [0.25, 0.3) is 11.4 Å². The number of amides is 1. The van der Waals surface area contributed by atoms with E-state index in [1.54, 1.807) is 11.8 Å². The minimum Gasteiger partial charge on any atom is -0.370 e. The number of aromatic nitrogens is 3. The van der Waals surface area contributed by atoms with Crippen LogP contribution >= 0.6 is 11.8 Å². The van der Waals surface area contributed by atoms with Crippen LogP contribution in [0.5, 0.6) is 0 Å². The molecule has 1 aliphatic carbocycles. The molecule has 2 aliphatic rings. The maximum Gasteiger partial charge on any atom is 0.227 e. The molecule has 6 nitrogen and oxygen atoms in total. The molecule has 1 saturated heterocycles. The smallest absolute Gasteiger partial charge is 0.227 e. The summed E-state index contributed by atoms with van der Waals surface area (Å²) in [5.74, 6) is 2.40. The van der Waals surface area contributed by atoms with Crippen LogP contribution in [0.15, 0.2) is 58.6 Å². The van der Waals surface area contributed by atoms with Crippen LogP contribution in [0.2, 0.25) is 0 Å². The van der Waals surface area contributed by atoms with Gasteiger partial charge in [0.05, 0.1) is 0 Å². The largest absolute Gasteiger partial charge is 0.370 e. The molecule has 2 unspecified atom stereocenters. The summed E-state index contributed by atoms with van der Waals surface area (Å²) >= 11 is 1.61. The Morgan fingerprint density at radius 3 is 2.45 bits per heavy atom. The van der Waals surface area contributed by atoms with Gasteiger partial charge in [-0.1, -0.05) is 32.0 Å². The molecule has 1 saturated carbocycles. The van der Waals surface area contributed by atoms with E-state index in [-0.39, 0.29) is 11.8 Å². The van der Waals surface area contributed by atoms with E-state index in [4.69, 9.17) is 0 Å². The van der Waals surface area contributed by atoms with Crippen molar-refractivity contribution in [2.24, 2.45) is 24.8 Å². The van der Waals surface area contributed by atoms with Crippen molar-refractivity contribution in [3.8, 4) is 11.4 Å². The monoisotopic (exact) mass is 461 g/mol. The standard InChI is InChI=1S/C26H31N5OS/c1-17-13-18(2)16-31(15-17)23-14-20(27-25(32)19-9-10-19)11-12-22(23)24-28-29-26(30(24)3)33-21-7-5-4-6-8-21/h4-8,11-12,14,17-19H,9-10,13,15-16H2,1-3H3,(H,27,32). The highest BCUT2D eigenvalue weighted by Crippen LogP contribution is 2.38. The minimum absolute atomic E-state index is 0.134. The molecular formula is C26H31N5OS. The highest BCUT2D eigenvalue weighted by Gasteiger charge is 2.30. The van der Waals surface area contributed by atoms with E-state index in [0.29, 0.717) is 11.8 Å². The Morgan fingerprint density at radius 2 is 1.76 bits per heavy atom. The third-order valence-electron chi connectivity index (χ3n) is 6.45. The quantitative estimate of drug-likeness (QED) is 0.528. The lowest BCUT2D eigenvalue weighted by Crippen LogP contribution is -2.39. The number of hydrogen-bond donors (Lipinski definition) is 1. The molecule has 2 aromatic carbocycles. The zero-order chi connectivity index (χ0) is 22.9. The Kier molecular flexibility index (Phi) is 6.15. The van der Waals surface area contributed by atoms with Crippen LogP contribution in [0.3, 0.4) is 0 Å². The van der Waals surface area contributed by atoms with Gasteiger partial charge in [0.2, 0.25) is 5.91 Å². The summed E-state index contributed by atoms with van der Waals surface area (Å²) in [6.07, 6.45) is 3.24. The van der Waals surface area contributed by atoms with Crippen LogP contribution in [-0.4, -0.2) is 33.8 Å². The van der Waals surface area contributed by atoms with Gasteiger partial charge in [-0.05, 0) is 73.2 Å². The third-order valence-corrected chi connectivity index (χ3v) is 7.50. The fourth-order valence-corrected chi connectivity index (χ4v) is 5.55. The average molecular weight is 462 g/mol. The first-order chi connectivity index (χ1) is 16.0. The van der Waals surface area contributed by atoms with E-state index in [1.165, 1.54) is 6.42 Å². The molecular weight excluding hydrogens is 430 g/mol. The molecule has 7 heteroatoms. The van der Waals surface area contributed by atoms with Gasteiger partial charge >= 0.3 is 0 Å². The fraction of sp³-hybridized carbons (Fsp3) is 0.423. The van der Waals surface area contributed by atoms with Crippen molar-refractivity contribution in [1.82, 2.24) is 14.8 Å². The normalized spacial score (nSPS) is 20.6. The number of piperidine rings is 1. The van der Waals surface area contributed by atoms with Gasteiger partial charge < -0.3 is 14.8 Å². The molecule has 172 valence electrons. The first-order valence-electron chi connectivity index (χ1n) is 11.8. The van der Waals surface area contributed by atoms with E-state index in [1.807, 2.05) is 31.3 Å². The predicted molar refractivity (Wildman–Crippen MR) is 134 cm³/mol. The molecule has 3 aromatic rings. The van der Waals surface area contributed by atoms with Crippen LogP contribution in [-0.2, 0) is 11.8 Å². The maximum absolute atomic E-state index is 12.4. The zero-order valence-electron chi connectivity index (χ0n) is 19.5. The Labute approximate surface area is 199 Å². The first-order valence-corrected chi connectivity index (χ1v) is 12.6. The van der Waals surface area contributed by atoms with E-state index in [0.717, 1.165) is 58.7 Å². The molecule has 33 heavy (non-hydrogen) atoms. The molecule has 0 spiro atoms. The lowest BCUT2D eigenvalue weighted by molar-refractivity contribution is -0.117. The fourth-order valence-electron chi connectivity index (χ4n) is 4.74. The minimum atomic E-state index is 0.134. The molecule has 2 fully saturated rings. The Balaban J connectivity index is 1.50. The Hall–Kier alpha value is -2.80. The van der Waals surface area contributed by atoms with Gasteiger partial charge in [-0.25, -0.2) is 0 Å². The summed E-state index contributed by atoms with van der Waals surface area (Å²) in [6, 6.07) is 16.5. The zero-order valence-corrected chi connectivity index (χ0v) is 20.3. The van der Waals surface area contributed by atoms with Crippen molar-refractivity contribution >= 4 is 29.0 Å². The van der Waals surface area contributed by atoms with Gasteiger partial charge in [0, 0.05) is 47.9 Å². The molecule has 1 amide bonds. The summed E-state index contributed by atoms with van der Waals surface area (Å²) < 4.78 is 2.07. The number of nitrogens with zero attached hydrogens (tertiary/aromatic N) is 4. The predicted octanol–water partition coefficient (Wildman–Crippen LogP) is 5.46. The van der Waals surface area contributed by atoms with Gasteiger partial charge in [-0.3, -0.25) is 4.79 Å². The topological polar surface area (TPSA) is 63.1 Å². The van der Waals surface area contributed by atoms with Gasteiger partial charge in [-0.2, -0.15) is 0 Å². The van der Waals surface area contributed by atoms with Crippen molar-refractivity contribution < 1.29 is 4.79 Å². The number of nitrogens with one attached hydrogen (secondary N) is 1. The number of benzene rings is 2. The molecule has 5 rings (SSSR count).